The Morgan fingerprint density at radius 3 is 2.15 bits per heavy atom. The Labute approximate surface area is 78.3 Å². The second-order valence-electron chi connectivity index (χ2n) is 3.95. The van der Waals surface area contributed by atoms with Crippen molar-refractivity contribution in [2.24, 2.45) is 0 Å². The molecule has 1 saturated heterocycles. The number of hydrogen-bond acceptors (Lipinski definition) is 2. The molecule has 1 aliphatic heterocycles. The lowest BCUT2D eigenvalue weighted by Gasteiger charge is -2.37. The van der Waals surface area contributed by atoms with Gasteiger partial charge in [-0.2, -0.15) is 0 Å². The number of nitrogens with one attached hydrogen (secondary N) is 1. The first kappa shape index (κ1) is 10.0. The highest BCUT2D eigenvalue weighted by Crippen LogP contribution is 2.14. The highest BCUT2D eigenvalue weighted by atomic mass is 16.2. The third-order valence-corrected chi connectivity index (χ3v) is 2.17. The van der Waals surface area contributed by atoms with Crippen LogP contribution in [0.3, 0.4) is 0 Å². The molecule has 0 aromatic rings. The highest BCUT2D eigenvalue weighted by Gasteiger charge is 2.34. The van der Waals surface area contributed by atoms with E-state index in [0.29, 0.717) is 0 Å². The van der Waals surface area contributed by atoms with Crippen LogP contribution >= 0.6 is 0 Å². The average Bonchev–Trinajstić information content (AvgIpc) is 1.79. The molecule has 0 saturated carbocycles. The van der Waals surface area contributed by atoms with E-state index in [4.69, 9.17) is 0 Å². The van der Waals surface area contributed by atoms with Crippen molar-refractivity contribution in [1.29, 1.82) is 0 Å². The van der Waals surface area contributed by atoms with Gasteiger partial charge in [0.05, 0.1) is 0 Å². The molecule has 0 unspecified atom stereocenters. The van der Waals surface area contributed by atoms with E-state index in [-0.39, 0.29) is 11.8 Å². The van der Waals surface area contributed by atoms with Gasteiger partial charge < -0.3 is 10.2 Å². The molecule has 4 heteroatoms. The molecule has 0 aromatic carbocycles. The van der Waals surface area contributed by atoms with Gasteiger partial charge in [0.1, 0.15) is 5.54 Å². The summed E-state index contributed by atoms with van der Waals surface area (Å²) in [6.07, 6.45) is 1.07. The van der Waals surface area contributed by atoms with Gasteiger partial charge >= 0.3 is 0 Å². The molecule has 1 fully saturated rings. The number of rotatable bonds is 2. The fourth-order valence-electron chi connectivity index (χ4n) is 1.41. The Morgan fingerprint density at radius 2 is 1.85 bits per heavy atom. The van der Waals surface area contributed by atoms with Crippen LogP contribution in [0.5, 0.6) is 0 Å². The third-order valence-electron chi connectivity index (χ3n) is 2.17. The van der Waals surface area contributed by atoms with Crippen molar-refractivity contribution in [1.82, 2.24) is 10.2 Å². The van der Waals surface area contributed by atoms with E-state index in [0.717, 1.165) is 19.5 Å². The Balaban J connectivity index is 2.56. The van der Waals surface area contributed by atoms with Crippen LogP contribution < -0.4 is 5.32 Å². The summed E-state index contributed by atoms with van der Waals surface area (Å²) in [5.41, 5.74) is -0.758. The summed E-state index contributed by atoms with van der Waals surface area (Å²) in [5, 5.41) is 2.64. The fourth-order valence-corrected chi connectivity index (χ4v) is 1.41. The Hall–Kier alpha value is -1.06. The van der Waals surface area contributed by atoms with Gasteiger partial charge in [-0.15, -0.1) is 0 Å². The second-order valence-corrected chi connectivity index (χ2v) is 3.95. The number of amides is 2. The smallest absolute Gasteiger partial charge is 0.247 e. The minimum atomic E-state index is -0.758. The van der Waals surface area contributed by atoms with Gasteiger partial charge in [0.25, 0.3) is 0 Å². The quantitative estimate of drug-likeness (QED) is 0.663. The summed E-state index contributed by atoms with van der Waals surface area (Å²) >= 11 is 0. The molecular formula is C9H16N2O2. The molecule has 1 N–H and O–H groups in total. The number of likely N-dealkylation sites (tertiary alicyclic amines) is 1. The van der Waals surface area contributed by atoms with Crippen LogP contribution in [0.4, 0.5) is 0 Å². The molecule has 1 rings (SSSR count). The van der Waals surface area contributed by atoms with E-state index in [1.54, 1.807) is 18.7 Å². The molecule has 1 heterocycles. The summed E-state index contributed by atoms with van der Waals surface area (Å²) in [7, 11) is 0. The number of carbonyl (C=O) groups excluding carboxylic acids is 2. The molecule has 1 aliphatic rings. The maximum Gasteiger partial charge on any atom is 0.247 e. The topological polar surface area (TPSA) is 49.4 Å². The van der Waals surface area contributed by atoms with Crippen LogP contribution in [0, 0.1) is 0 Å². The summed E-state index contributed by atoms with van der Waals surface area (Å²) < 4.78 is 0. The number of hydrogen-bond donors (Lipinski definition) is 1. The van der Waals surface area contributed by atoms with Crippen LogP contribution in [-0.2, 0) is 9.59 Å². The van der Waals surface area contributed by atoms with Gasteiger partial charge in [0, 0.05) is 20.0 Å². The minimum absolute atomic E-state index is 0.00829. The van der Waals surface area contributed by atoms with Crippen LogP contribution in [0.2, 0.25) is 0 Å². The van der Waals surface area contributed by atoms with Gasteiger partial charge in [0.2, 0.25) is 11.8 Å². The first-order chi connectivity index (χ1) is 5.93. The van der Waals surface area contributed by atoms with Crippen molar-refractivity contribution in [3.63, 3.8) is 0 Å². The average molecular weight is 184 g/mol. The molecular weight excluding hydrogens is 168 g/mol. The predicted molar refractivity (Wildman–Crippen MR) is 49.1 cm³/mol. The molecule has 2 amide bonds. The van der Waals surface area contributed by atoms with E-state index >= 15 is 0 Å². The molecule has 74 valence electrons. The van der Waals surface area contributed by atoms with Gasteiger partial charge in [-0.1, -0.05) is 0 Å². The van der Waals surface area contributed by atoms with Crippen molar-refractivity contribution in [3.8, 4) is 0 Å². The minimum Gasteiger partial charge on any atom is -0.342 e. The fraction of sp³-hybridized carbons (Fsp3) is 0.778. The molecule has 0 aromatic heterocycles. The number of nitrogens with zero attached hydrogens (tertiary/aromatic N) is 1. The molecule has 0 spiro atoms. The monoisotopic (exact) mass is 184 g/mol. The van der Waals surface area contributed by atoms with Crippen molar-refractivity contribution in [3.05, 3.63) is 0 Å². The maximum atomic E-state index is 11.7. The standard InChI is InChI=1S/C9H16N2O2/c1-7(12)10-9(2,3)8(13)11-5-4-6-11/h4-6H2,1-3H3,(H,10,12). The molecule has 0 aliphatic carbocycles. The normalized spacial score (nSPS) is 16.4. The Morgan fingerprint density at radius 1 is 1.31 bits per heavy atom. The second kappa shape index (κ2) is 3.36. The Bertz CT molecular complexity index is 232. The molecule has 0 atom stereocenters. The highest BCUT2D eigenvalue weighted by molar-refractivity contribution is 5.90. The zero-order chi connectivity index (χ0) is 10.1. The van der Waals surface area contributed by atoms with E-state index in [1.165, 1.54) is 6.92 Å². The van der Waals surface area contributed by atoms with E-state index in [9.17, 15) is 9.59 Å². The lowest BCUT2D eigenvalue weighted by atomic mass is 10.0. The van der Waals surface area contributed by atoms with Crippen molar-refractivity contribution in [2.75, 3.05) is 13.1 Å². The first-order valence-electron chi connectivity index (χ1n) is 4.51. The Kier molecular flexibility index (Phi) is 2.59. The van der Waals surface area contributed by atoms with Crippen LogP contribution in [0.1, 0.15) is 27.2 Å². The summed E-state index contributed by atoms with van der Waals surface area (Å²) in [5.74, 6) is -0.159. The number of carbonyl (C=O) groups is 2. The lowest BCUT2D eigenvalue weighted by Crippen LogP contribution is -2.58. The van der Waals surface area contributed by atoms with E-state index < -0.39 is 5.54 Å². The van der Waals surface area contributed by atoms with E-state index in [2.05, 4.69) is 5.32 Å². The first-order valence-corrected chi connectivity index (χ1v) is 4.51. The van der Waals surface area contributed by atoms with Crippen molar-refractivity contribution >= 4 is 11.8 Å². The summed E-state index contributed by atoms with van der Waals surface area (Å²) in [4.78, 5) is 24.3. The van der Waals surface area contributed by atoms with Gasteiger partial charge in [-0.25, -0.2) is 0 Å². The zero-order valence-corrected chi connectivity index (χ0v) is 8.39. The molecule has 13 heavy (non-hydrogen) atoms. The van der Waals surface area contributed by atoms with Gasteiger partial charge in [-0.05, 0) is 20.3 Å². The molecule has 0 bridgehead atoms. The SMILES string of the molecule is CC(=O)NC(C)(C)C(=O)N1CCC1. The zero-order valence-electron chi connectivity index (χ0n) is 8.39. The van der Waals surface area contributed by atoms with Crippen LogP contribution in [-0.4, -0.2) is 35.3 Å². The molecule has 4 nitrogen and oxygen atoms in total. The van der Waals surface area contributed by atoms with Gasteiger partial charge in [0.15, 0.2) is 0 Å². The third kappa shape index (κ3) is 2.20. The van der Waals surface area contributed by atoms with Gasteiger partial charge in [-0.3, -0.25) is 9.59 Å². The predicted octanol–water partition coefficient (Wildman–Crippen LogP) is 0.133. The summed E-state index contributed by atoms with van der Waals surface area (Å²) in [6.45, 7) is 6.53. The van der Waals surface area contributed by atoms with Crippen LogP contribution in [0.25, 0.3) is 0 Å². The van der Waals surface area contributed by atoms with Crippen molar-refractivity contribution in [2.45, 2.75) is 32.7 Å². The van der Waals surface area contributed by atoms with E-state index in [1.807, 2.05) is 0 Å². The largest absolute Gasteiger partial charge is 0.342 e. The maximum absolute atomic E-state index is 11.7. The van der Waals surface area contributed by atoms with Crippen molar-refractivity contribution < 1.29 is 9.59 Å². The summed E-state index contributed by atoms with van der Waals surface area (Å²) in [6, 6.07) is 0. The van der Waals surface area contributed by atoms with Crippen LogP contribution in [0.15, 0.2) is 0 Å². The lowest BCUT2D eigenvalue weighted by molar-refractivity contribution is -0.143. The molecule has 0 radical (unpaired) electrons.